The van der Waals surface area contributed by atoms with Gasteiger partial charge in [-0.15, -0.1) is 16.8 Å². The summed E-state index contributed by atoms with van der Waals surface area (Å²) >= 11 is 2.81. The maximum atomic E-state index is 12.7. The minimum Gasteiger partial charge on any atom is -0.300 e. The Morgan fingerprint density at radius 1 is 1.21 bits per heavy atom. The second-order valence-electron chi connectivity index (χ2n) is 6.31. The normalized spacial score (nSPS) is 15.3. The van der Waals surface area contributed by atoms with Crippen molar-refractivity contribution in [3.05, 3.63) is 42.5 Å². The highest BCUT2D eigenvalue weighted by Crippen LogP contribution is 2.25. The van der Waals surface area contributed by atoms with Crippen molar-refractivity contribution in [1.82, 2.24) is 14.5 Å². The summed E-state index contributed by atoms with van der Waals surface area (Å²) in [6.07, 6.45) is 4.79. The van der Waals surface area contributed by atoms with E-state index in [2.05, 4.69) is 22.1 Å². The van der Waals surface area contributed by atoms with Crippen molar-refractivity contribution in [1.29, 1.82) is 0 Å². The lowest BCUT2D eigenvalue weighted by molar-refractivity contribution is -0.115. The van der Waals surface area contributed by atoms with Crippen molar-refractivity contribution in [2.75, 3.05) is 24.2 Å². The van der Waals surface area contributed by atoms with E-state index >= 15 is 0 Å². The first-order valence-corrected chi connectivity index (χ1v) is 12.2. The molecule has 2 heterocycles. The minimum absolute atomic E-state index is 0.138. The fourth-order valence-corrected chi connectivity index (χ4v) is 5.88. The van der Waals surface area contributed by atoms with Crippen LogP contribution >= 0.6 is 23.1 Å². The number of aromatic nitrogens is 2. The molecule has 0 atom stereocenters. The summed E-state index contributed by atoms with van der Waals surface area (Å²) in [5, 5.41) is 11.1. The third kappa shape index (κ3) is 5.40. The van der Waals surface area contributed by atoms with E-state index in [0.717, 1.165) is 34.9 Å². The average molecular weight is 439 g/mol. The molecule has 0 spiro atoms. The van der Waals surface area contributed by atoms with Crippen molar-refractivity contribution < 1.29 is 13.2 Å². The predicted octanol–water partition coefficient (Wildman–Crippen LogP) is 3.17. The summed E-state index contributed by atoms with van der Waals surface area (Å²) in [6.45, 7) is 4.79. The standard InChI is InChI=1S/C18H22N4O3S3/c1-2-12-26-18-21-20-17(27-18)19-16(23)13-14-6-8-15(9-7-14)28(24,25)22-10-4-3-5-11-22/h2,6-9H,1,3-5,10-13H2,(H,19,20,23). The zero-order chi connectivity index (χ0) is 20.0. The Balaban J connectivity index is 1.58. The first-order chi connectivity index (χ1) is 13.5. The summed E-state index contributed by atoms with van der Waals surface area (Å²) in [4.78, 5) is 12.5. The van der Waals surface area contributed by atoms with E-state index < -0.39 is 10.0 Å². The molecular formula is C18H22N4O3S3. The number of thioether (sulfide) groups is 1. The average Bonchev–Trinajstić information content (AvgIpc) is 3.14. The number of carbonyl (C=O) groups is 1. The highest BCUT2D eigenvalue weighted by Gasteiger charge is 2.25. The number of nitrogens with zero attached hydrogens (tertiary/aromatic N) is 3. The molecule has 150 valence electrons. The molecule has 1 N–H and O–H groups in total. The number of carbonyl (C=O) groups excluding carboxylic acids is 1. The quantitative estimate of drug-likeness (QED) is 0.387. The van der Waals surface area contributed by atoms with Gasteiger partial charge in [-0.1, -0.05) is 47.7 Å². The number of nitrogens with one attached hydrogen (secondary N) is 1. The third-order valence-corrected chi connectivity index (χ3v) is 8.10. The lowest BCUT2D eigenvalue weighted by Gasteiger charge is -2.25. The first-order valence-electron chi connectivity index (χ1n) is 8.95. The molecular weight excluding hydrogens is 416 g/mol. The Hall–Kier alpha value is -1.75. The summed E-state index contributed by atoms with van der Waals surface area (Å²) in [7, 11) is -3.45. The van der Waals surface area contributed by atoms with Gasteiger partial charge in [0.05, 0.1) is 11.3 Å². The number of piperidine rings is 1. The summed E-state index contributed by atoms with van der Waals surface area (Å²) in [5.41, 5.74) is 0.737. The van der Waals surface area contributed by atoms with Crippen LogP contribution in [0.15, 0.2) is 46.2 Å². The van der Waals surface area contributed by atoms with Crippen LogP contribution in [0.2, 0.25) is 0 Å². The van der Waals surface area contributed by atoms with Gasteiger partial charge in [0.25, 0.3) is 0 Å². The fourth-order valence-electron chi connectivity index (χ4n) is 2.83. The number of benzene rings is 1. The van der Waals surface area contributed by atoms with E-state index in [0.29, 0.717) is 18.2 Å². The van der Waals surface area contributed by atoms with Crippen LogP contribution in [0.4, 0.5) is 5.13 Å². The molecule has 2 aromatic rings. The van der Waals surface area contributed by atoms with Crippen molar-refractivity contribution >= 4 is 44.2 Å². The second-order valence-corrected chi connectivity index (χ2v) is 10.5. The number of amides is 1. The number of anilines is 1. The van der Waals surface area contributed by atoms with Crippen LogP contribution in [0.5, 0.6) is 0 Å². The summed E-state index contributed by atoms with van der Waals surface area (Å²) < 4.78 is 27.6. The zero-order valence-electron chi connectivity index (χ0n) is 15.3. The summed E-state index contributed by atoms with van der Waals surface area (Å²) in [6, 6.07) is 6.51. The van der Waals surface area contributed by atoms with E-state index in [1.807, 2.05) is 0 Å². The molecule has 1 saturated heterocycles. The molecule has 10 heteroatoms. The fraction of sp³-hybridized carbons (Fsp3) is 0.389. The van der Waals surface area contributed by atoms with Crippen molar-refractivity contribution in [2.45, 2.75) is 34.9 Å². The van der Waals surface area contributed by atoms with Crippen molar-refractivity contribution in [3.63, 3.8) is 0 Å². The Kier molecular flexibility index (Phi) is 7.22. The van der Waals surface area contributed by atoms with Gasteiger partial charge < -0.3 is 5.32 Å². The van der Waals surface area contributed by atoms with Gasteiger partial charge in [-0.3, -0.25) is 4.79 Å². The molecule has 1 aromatic heterocycles. The minimum atomic E-state index is -3.45. The van der Waals surface area contributed by atoms with Gasteiger partial charge in [0.1, 0.15) is 0 Å². The van der Waals surface area contributed by atoms with E-state index in [1.54, 1.807) is 30.3 Å². The van der Waals surface area contributed by atoms with Crippen molar-refractivity contribution in [2.24, 2.45) is 0 Å². The van der Waals surface area contributed by atoms with Gasteiger partial charge in [-0.2, -0.15) is 4.31 Å². The molecule has 0 saturated carbocycles. The van der Waals surface area contributed by atoms with Gasteiger partial charge in [0.15, 0.2) is 4.34 Å². The smallest absolute Gasteiger partial charge is 0.243 e. The third-order valence-electron chi connectivity index (χ3n) is 4.22. The van der Waals surface area contributed by atoms with Crippen LogP contribution in [0.3, 0.4) is 0 Å². The number of rotatable bonds is 8. The SMILES string of the molecule is C=CCSc1nnc(NC(=O)Cc2ccc(S(=O)(=O)N3CCCCC3)cc2)s1. The summed E-state index contributed by atoms with van der Waals surface area (Å²) in [5.74, 6) is 0.512. The molecule has 0 bridgehead atoms. The molecule has 7 nitrogen and oxygen atoms in total. The van der Waals surface area contributed by atoms with Crippen LogP contribution in [0.1, 0.15) is 24.8 Å². The maximum absolute atomic E-state index is 12.7. The first kappa shape index (κ1) is 21.0. The molecule has 0 aliphatic carbocycles. The van der Waals surface area contributed by atoms with Gasteiger partial charge in [-0.25, -0.2) is 8.42 Å². The Bertz CT molecular complexity index is 920. The van der Waals surface area contributed by atoms with Gasteiger partial charge in [0.2, 0.25) is 21.1 Å². The molecule has 1 aliphatic heterocycles. The highest BCUT2D eigenvalue weighted by atomic mass is 32.2. The van der Waals surface area contributed by atoms with E-state index in [4.69, 9.17) is 0 Å². The second kappa shape index (κ2) is 9.64. The predicted molar refractivity (Wildman–Crippen MR) is 112 cm³/mol. The molecule has 1 aliphatic rings. The van der Waals surface area contributed by atoms with Crippen LogP contribution in [0, 0.1) is 0 Å². The van der Waals surface area contributed by atoms with Crippen LogP contribution in [0.25, 0.3) is 0 Å². The van der Waals surface area contributed by atoms with E-state index in [1.165, 1.54) is 27.4 Å². The Morgan fingerprint density at radius 2 is 1.93 bits per heavy atom. The molecule has 0 unspecified atom stereocenters. The molecule has 0 radical (unpaired) electrons. The van der Waals surface area contributed by atoms with Gasteiger partial charge in [-0.05, 0) is 30.5 Å². The lowest BCUT2D eigenvalue weighted by atomic mass is 10.1. The molecule has 3 rings (SSSR count). The lowest BCUT2D eigenvalue weighted by Crippen LogP contribution is -2.35. The number of sulfonamides is 1. The monoisotopic (exact) mass is 438 g/mol. The molecule has 1 fully saturated rings. The highest BCUT2D eigenvalue weighted by molar-refractivity contribution is 8.01. The molecule has 1 amide bonds. The molecule has 28 heavy (non-hydrogen) atoms. The number of hydrogen-bond acceptors (Lipinski definition) is 7. The van der Waals surface area contributed by atoms with Gasteiger partial charge >= 0.3 is 0 Å². The van der Waals surface area contributed by atoms with E-state index in [9.17, 15) is 13.2 Å². The van der Waals surface area contributed by atoms with Gasteiger partial charge in [0, 0.05) is 18.8 Å². The van der Waals surface area contributed by atoms with Crippen molar-refractivity contribution in [3.8, 4) is 0 Å². The molecule has 1 aromatic carbocycles. The van der Waals surface area contributed by atoms with E-state index in [-0.39, 0.29) is 17.2 Å². The van der Waals surface area contributed by atoms with Crippen LogP contribution in [-0.2, 0) is 21.2 Å². The zero-order valence-corrected chi connectivity index (χ0v) is 17.8. The van der Waals surface area contributed by atoms with Crippen LogP contribution < -0.4 is 5.32 Å². The van der Waals surface area contributed by atoms with Crippen LogP contribution in [-0.4, -0.2) is 47.7 Å². The number of hydrogen-bond donors (Lipinski definition) is 1. The Morgan fingerprint density at radius 3 is 2.61 bits per heavy atom. The maximum Gasteiger partial charge on any atom is 0.243 e. The topological polar surface area (TPSA) is 92.3 Å². The largest absolute Gasteiger partial charge is 0.300 e. The Labute approximate surface area is 173 Å².